The van der Waals surface area contributed by atoms with E-state index in [-0.39, 0.29) is 23.4 Å². The number of nitrogens with two attached hydrogens (primary N) is 1. The van der Waals surface area contributed by atoms with Gasteiger partial charge in [-0.05, 0) is 36.7 Å². The van der Waals surface area contributed by atoms with Crippen molar-refractivity contribution >= 4 is 5.91 Å². The fraction of sp³-hybridized carbons (Fsp3) is 0.625. The molecule has 5 nitrogen and oxygen atoms in total. The molecule has 2 aliphatic rings. The number of H-pyrrole nitrogens is 1. The van der Waals surface area contributed by atoms with Crippen molar-refractivity contribution in [3.8, 4) is 0 Å². The van der Waals surface area contributed by atoms with E-state index in [4.69, 9.17) is 5.73 Å². The van der Waals surface area contributed by atoms with Gasteiger partial charge in [-0.25, -0.2) is 0 Å². The van der Waals surface area contributed by atoms with E-state index in [9.17, 15) is 9.59 Å². The van der Waals surface area contributed by atoms with Gasteiger partial charge in [0.05, 0.1) is 0 Å². The molecule has 1 amide bonds. The zero-order chi connectivity index (χ0) is 15.1. The maximum absolute atomic E-state index is 12.6. The predicted octanol–water partition coefficient (Wildman–Crippen LogP) is 1.31. The van der Waals surface area contributed by atoms with Crippen molar-refractivity contribution in [2.45, 2.75) is 38.6 Å². The average molecular weight is 289 g/mol. The van der Waals surface area contributed by atoms with Gasteiger partial charge in [0.25, 0.3) is 5.91 Å². The molecule has 0 spiro atoms. The van der Waals surface area contributed by atoms with Crippen LogP contribution < -0.4 is 11.3 Å². The number of carbonyl (C=O) groups is 1. The van der Waals surface area contributed by atoms with Crippen molar-refractivity contribution in [3.63, 3.8) is 0 Å². The van der Waals surface area contributed by atoms with Gasteiger partial charge in [-0.15, -0.1) is 0 Å². The molecule has 1 aliphatic heterocycles. The molecule has 21 heavy (non-hydrogen) atoms. The summed E-state index contributed by atoms with van der Waals surface area (Å²) in [5, 5.41) is 0. The van der Waals surface area contributed by atoms with Gasteiger partial charge in [-0.1, -0.05) is 13.8 Å². The minimum Gasteiger partial charge on any atom is -0.338 e. The highest BCUT2D eigenvalue weighted by molar-refractivity contribution is 5.94. The first-order valence-electron chi connectivity index (χ1n) is 7.75. The number of likely N-dealkylation sites (tertiary alicyclic amines) is 1. The second-order valence-electron chi connectivity index (χ2n) is 6.72. The van der Waals surface area contributed by atoms with Gasteiger partial charge in [0.1, 0.15) is 0 Å². The number of hydrogen-bond acceptors (Lipinski definition) is 3. The molecule has 3 N–H and O–H groups in total. The molecular weight excluding hydrogens is 266 g/mol. The lowest BCUT2D eigenvalue weighted by molar-refractivity contribution is 0.0779. The Morgan fingerprint density at radius 3 is 2.76 bits per heavy atom. The van der Waals surface area contributed by atoms with Crippen molar-refractivity contribution in [3.05, 3.63) is 33.7 Å². The Kier molecular flexibility index (Phi) is 3.61. The smallest absolute Gasteiger partial charge is 0.254 e. The standard InChI is InChI=1S/C16H23N3O2/c1-9(2)14-5-11(6-15(20)18-14)16(21)19-7-10-3-4-13(17)12(10)8-19/h5-6,9-10,12-13H,3-4,7-8,17H2,1-2H3,(H,18,20). The topological polar surface area (TPSA) is 79.2 Å². The average Bonchev–Trinajstić information content (AvgIpc) is 3.00. The van der Waals surface area contributed by atoms with Crippen molar-refractivity contribution in [1.29, 1.82) is 0 Å². The lowest BCUT2D eigenvalue weighted by Gasteiger charge is -2.19. The molecule has 1 aromatic rings. The third kappa shape index (κ3) is 2.62. The number of nitrogens with zero attached hydrogens (tertiary/aromatic N) is 1. The Bertz CT molecular complexity index is 608. The molecule has 2 heterocycles. The zero-order valence-electron chi connectivity index (χ0n) is 12.6. The van der Waals surface area contributed by atoms with Gasteiger partial charge in [0.15, 0.2) is 0 Å². The third-order valence-electron chi connectivity index (χ3n) is 4.93. The summed E-state index contributed by atoms with van der Waals surface area (Å²) in [6.45, 7) is 5.51. The van der Waals surface area contributed by atoms with Crippen molar-refractivity contribution in [2.75, 3.05) is 13.1 Å². The number of fused-ring (bicyclic) bond motifs is 1. The van der Waals surface area contributed by atoms with Gasteiger partial charge in [-0.3, -0.25) is 9.59 Å². The molecule has 0 radical (unpaired) electrons. The summed E-state index contributed by atoms with van der Waals surface area (Å²) in [5.74, 6) is 1.12. The first kappa shape index (κ1) is 14.3. The molecule has 3 rings (SSSR count). The summed E-state index contributed by atoms with van der Waals surface area (Å²) in [7, 11) is 0. The van der Waals surface area contributed by atoms with Crippen LogP contribution in [-0.4, -0.2) is 34.9 Å². The van der Waals surface area contributed by atoms with Gasteiger partial charge in [-0.2, -0.15) is 0 Å². The van der Waals surface area contributed by atoms with Crippen LogP contribution in [0.3, 0.4) is 0 Å². The fourth-order valence-electron chi connectivity index (χ4n) is 3.66. The largest absolute Gasteiger partial charge is 0.338 e. The van der Waals surface area contributed by atoms with E-state index in [1.54, 1.807) is 0 Å². The minimum atomic E-state index is -0.208. The second-order valence-corrected chi connectivity index (χ2v) is 6.72. The Labute approximate surface area is 124 Å². The van der Waals surface area contributed by atoms with Gasteiger partial charge in [0.2, 0.25) is 5.56 Å². The molecule has 2 fully saturated rings. The van der Waals surface area contributed by atoms with Gasteiger partial charge in [0, 0.05) is 36.5 Å². The molecule has 114 valence electrons. The van der Waals surface area contributed by atoms with Crippen molar-refractivity contribution < 1.29 is 4.79 Å². The van der Waals surface area contributed by atoms with E-state index in [2.05, 4.69) is 4.98 Å². The number of rotatable bonds is 2. The van der Waals surface area contributed by atoms with Crippen LogP contribution in [0.25, 0.3) is 0 Å². The minimum absolute atomic E-state index is 0.0374. The highest BCUT2D eigenvalue weighted by Gasteiger charge is 2.42. The van der Waals surface area contributed by atoms with Crippen LogP contribution in [0.15, 0.2) is 16.9 Å². The van der Waals surface area contributed by atoms with E-state index in [1.165, 1.54) is 6.07 Å². The van der Waals surface area contributed by atoms with Crippen LogP contribution in [0.1, 0.15) is 48.7 Å². The predicted molar refractivity (Wildman–Crippen MR) is 81.2 cm³/mol. The molecule has 3 atom stereocenters. The monoisotopic (exact) mass is 289 g/mol. The fourth-order valence-corrected chi connectivity index (χ4v) is 3.66. The molecule has 5 heteroatoms. The molecule has 0 aromatic carbocycles. The van der Waals surface area contributed by atoms with Crippen molar-refractivity contribution in [1.82, 2.24) is 9.88 Å². The van der Waals surface area contributed by atoms with Crippen LogP contribution in [0.2, 0.25) is 0 Å². The number of nitrogens with one attached hydrogen (secondary N) is 1. The quantitative estimate of drug-likeness (QED) is 0.861. The molecule has 1 aromatic heterocycles. The van der Waals surface area contributed by atoms with Crippen LogP contribution >= 0.6 is 0 Å². The van der Waals surface area contributed by atoms with E-state index in [0.717, 1.165) is 31.6 Å². The van der Waals surface area contributed by atoms with Gasteiger partial charge < -0.3 is 15.6 Å². The maximum Gasteiger partial charge on any atom is 0.254 e. The Morgan fingerprint density at radius 2 is 2.10 bits per heavy atom. The molecule has 1 saturated carbocycles. The number of amides is 1. The van der Waals surface area contributed by atoms with Crippen LogP contribution in [0, 0.1) is 11.8 Å². The molecular formula is C16H23N3O2. The molecule has 0 bridgehead atoms. The SMILES string of the molecule is CC(C)c1cc(C(=O)N2CC3CCC(N)C3C2)cc(=O)[nH]1. The summed E-state index contributed by atoms with van der Waals surface area (Å²) < 4.78 is 0. The Hall–Kier alpha value is -1.62. The number of hydrogen-bond donors (Lipinski definition) is 2. The summed E-state index contributed by atoms with van der Waals surface area (Å²) >= 11 is 0. The third-order valence-corrected chi connectivity index (χ3v) is 4.93. The number of aromatic nitrogens is 1. The lowest BCUT2D eigenvalue weighted by Crippen LogP contribution is -2.34. The molecule has 1 saturated heterocycles. The van der Waals surface area contributed by atoms with Crippen molar-refractivity contribution in [2.24, 2.45) is 17.6 Å². The maximum atomic E-state index is 12.6. The number of aromatic amines is 1. The van der Waals surface area contributed by atoms with E-state index in [1.807, 2.05) is 24.8 Å². The Balaban J connectivity index is 1.82. The van der Waals surface area contributed by atoms with Crippen LogP contribution in [0.4, 0.5) is 0 Å². The van der Waals surface area contributed by atoms with E-state index < -0.39 is 0 Å². The first-order chi connectivity index (χ1) is 9.95. The normalized spacial score (nSPS) is 28.2. The van der Waals surface area contributed by atoms with E-state index >= 15 is 0 Å². The first-order valence-corrected chi connectivity index (χ1v) is 7.75. The second kappa shape index (κ2) is 5.30. The molecule has 1 aliphatic carbocycles. The van der Waals surface area contributed by atoms with Crippen LogP contribution in [0.5, 0.6) is 0 Å². The highest BCUT2D eigenvalue weighted by atomic mass is 16.2. The summed E-state index contributed by atoms with van der Waals surface area (Å²) in [6.07, 6.45) is 2.18. The Morgan fingerprint density at radius 1 is 1.33 bits per heavy atom. The summed E-state index contributed by atoms with van der Waals surface area (Å²) in [5.41, 5.74) is 7.21. The number of carbonyl (C=O) groups excluding carboxylic acids is 1. The number of pyridine rings is 1. The zero-order valence-corrected chi connectivity index (χ0v) is 12.6. The lowest BCUT2D eigenvalue weighted by atomic mass is 9.98. The summed E-state index contributed by atoms with van der Waals surface area (Å²) in [4.78, 5) is 29.0. The van der Waals surface area contributed by atoms with Crippen LogP contribution in [-0.2, 0) is 0 Å². The summed E-state index contributed by atoms with van der Waals surface area (Å²) in [6, 6.07) is 3.43. The highest BCUT2D eigenvalue weighted by Crippen LogP contribution is 2.37. The molecule has 3 unspecified atom stereocenters. The van der Waals surface area contributed by atoms with E-state index in [0.29, 0.717) is 17.4 Å². The van der Waals surface area contributed by atoms with Gasteiger partial charge >= 0.3 is 0 Å².